The Bertz CT molecular complexity index is 713. The van der Waals surface area contributed by atoms with Crippen molar-refractivity contribution in [3.63, 3.8) is 0 Å². The Morgan fingerprint density at radius 1 is 1.17 bits per heavy atom. The van der Waals surface area contributed by atoms with Crippen molar-refractivity contribution in [1.82, 2.24) is 0 Å². The zero-order valence-electron chi connectivity index (χ0n) is 9.40. The van der Waals surface area contributed by atoms with E-state index in [4.69, 9.17) is 4.55 Å². The first-order chi connectivity index (χ1) is 7.89. The summed E-state index contributed by atoms with van der Waals surface area (Å²) >= 11 is 0. The Kier molecular flexibility index (Phi) is 5.01. The van der Waals surface area contributed by atoms with Crippen molar-refractivity contribution in [2.75, 3.05) is 0 Å². The number of nitrogens with zero attached hydrogens (tertiary/aromatic N) is 1. The minimum atomic E-state index is -4.30. The van der Waals surface area contributed by atoms with E-state index in [0.29, 0.717) is 10.8 Å². The summed E-state index contributed by atoms with van der Waals surface area (Å²) in [5, 5.41) is 11.4. The van der Waals surface area contributed by atoms with Crippen molar-refractivity contribution < 1.29 is 17.9 Å². The summed E-state index contributed by atoms with van der Waals surface area (Å²) in [5.74, 6) is 0. The van der Waals surface area contributed by atoms with Crippen LogP contribution >= 0.6 is 0 Å². The number of fused-ring (bicyclic) bond motifs is 1. The number of rotatable bonds is 2. The molecule has 0 bridgehead atoms. The Balaban J connectivity index is 0.00000162. The van der Waals surface area contributed by atoms with Crippen molar-refractivity contribution in [2.24, 2.45) is 0 Å². The van der Waals surface area contributed by atoms with Crippen LogP contribution < -0.4 is 0 Å². The van der Waals surface area contributed by atoms with Crippen LogP contribution in [0.3, 0.4) is 0 Å². The maximum atomic E-state index is 10.9. The van der Waals surface area contributed by atoms with Gasteiger partial charge in [0.25, 0.3) is 15.8 Å². The molecule has 0 fully saturated rings. The standard InChI is InChI=1S/C10H7NO5S.K/c12-11(13)10-3-1-2-7-6-8(17(14,15)16)4-5-9(7)10;/h1-6H,(H,14,15,16);. The molecule has 1 N–H and O–H groups in total. The molecule has 0 aliphatic carbocycles. The molecule has 0 aromatic heterocycles. The zero-order chi connectivity index (χ0) is 12.6. The normalized spacial score (nSPS) is 10.9. The van der Waals surface area contributed by atoms with Crippen molar-refractivity contribution in [2.45, 2.75) is 4.90 Å². The summed E-state index contributed by atoms with van der Waals surface area (Å²) in [6.45, 7) is 0. The molecule has 0 aliphatic rings. The number of non-ortho nitro benzene ring substituents is 1. The van der Waals surface area contributed by atoms with E-state index in [2.05, 4.69) is 0 Å². The van der Waals surface area contributed by atoms with E-state index in [-0.39, 0.29) is 62.0 Å². The fourth-order valence-corrected chi connectivity index (χ4v) is 2.08. The molecule has 2 aromatic rings. The molecule has 6 nitrogen and oxygen atoms in total. The Morgan fingerprint density at radius 2 is 1.83 bits per heavy atom. The maximum absolute atomic E-state index is 10.9. The number of benzene rings is 2. The summed E-state index contributed by atoms with van der Waals surface area (Å²) in [4.78, 5) is 9.90. The van der Waals surface area contributed by atoms with Gasteiger partial charge in [-0.05, 0) is 23.6 Å². The first-order valence-corrected chi connectivity index (χ1v) is 5.98. The number of nitro benzene ring substituents is 1. The van der Waals surface area contributed by atoms with Gasteiger partial charge >= 0.3 is 0 Å². The van der Waals surface area contributed by atoms with Crippen LogP contribution in [0.2, 0.25) is 0 Å². The Hall–Kier alpha value is -0.354. The Labute approximate surface area is 145 Å². The summed E-state index contributed by atoms with van der Waals surface area (Å²) in [5.41, 5.74) is -0.107. The van der Waals surface area contributed by atoms with E-state index in [1.54, 1.807) is 0 Å². The van der Waals surface area contributed by atoms with Gasteiger partial charge in [-0.15, -0.1) is 0 Å². The van der Waals surface area contributed by atoms with E-state index in [9.17, 15) is 18.5 Å². The topological polar surface area (TPSA) is 97.5 Å². The fourth-order valence-electron chi connectivity index (χ4n) is 1.56. The smallest absolute Gasteiger partial charge is 0.282 e. The van der Waals surface area contributed by atoms with E-state index < -0.39 is 15.0 Å². The minimum absolute atomic E-state index is 0. The van der Waals surface area contributed by atoms with Crippen LogP contribution in [0.1, 0.15) is 0 Å². The number of hydrogen-bond donors (Lipinski definition) is 1. The SMILES string of the molecule is O=[N+]([O-])c1cccc2cc(S(=O)(=O)O)ccc12.[K]. The van der Waals surface area contributed by atoms with Crippen LogP contribution in [0, 0.1) is 10.1 Å². The summed E-state index contributed by atoms with van der Waals surface area (Å²) < 4.78 is 30.7. The third-order valence-corrected chi connectivity index (χ3v) is 3.17. The van der Waals surface area contributed by atoms with Crippen LogP contribution in [-0.4, -0.2) is 69.3 Å². The van der Waals surface area contributed by atoms with Crippen molar-refractivity contribution in [1.29, 1.82) is 0 Å². The molecular formula is C10H7KNO5S. The molecule has 0 saturated carbocycles. The molecule has 0 saturated heterocycles. The molecule has 0 atom stereocenters. The van der Waals surface area contributed by atoms with Gasteiger partial charge in [-0.1, -0.05) is 12.1 Å². The zero-order valence-corrected chi connectivity index (χ0v) is 13.3. The van der Waals surface area contributed by atoms with Crippen LogP contribution in [0.4, 0.5) is 5.69 Å². The molecular weight excluding hydrogens is 285 g/mol. The van der Waals surface area contributed by atoms with Gasteiger partial charge < -0.3 is 0 Å². The van der Waals surface area contributed by atoms with Gasteiger partial charge in [-0.25, -0.2) is 0 Å². The average molecular weight is 292 g/mol. The van der Waals surface area contributed by atoms with Gasteiger partial charge in [0.05, 0.1) is 15.2 Å². The quantitative estimate of drug-likeness (QED) is 0.392. The van der Waals surface area contributed by atoms with Gasteiger partial charge in [0, 0.05) is 57.5 Å². The predicted molar refractivity (Wildman–Crippen MR) is 66.2 cm³/mol. The second kappa shape index (κ2) is 5.74. The molecule has 0 unspecified atom stereocenters. The molecule has 0 aliphatic heterocycles. The molecule has 2 rings (SSSR count). The van der Waals surface area contributed by atoms with Crippen LogP contribution in [0.25, 0.3) is 10.8 Å². The molecule has 89 valence electrons. The van der Waals surface area contributed by atoms with Gasteiger partial charge in [-0.2, -0.15) is 8.42 Å². The predicted octanol–water partition coefficient (Wildman–Crippen LogP) is 1.61. The summed E-state index contributed by atoms with van der Waals surface area (Å²) in [6.07, 6.45) is 0. The molecule has 0 heterocycles. The fraction of sp³-hybridized carbons (Fsp3) is 0. The monoisotopic (exact) mass is 292 g/mol. The van der Waals surface area contributed by atoms with E-state index in [1.807, 2.05) is 0 Å². The van der Waals surface area contributed by atoms with E-state index in [1.165, 1.54) is 30.3 Å². The molecule has 18 heavy (non-hydrogen) atoms. The van der Waals surface area contributed by atoms with Crippen molar-refractivity contribution in [3.8, 4) is 0 Å². The average Bonchev–Trinajstić information content (AvgIpc) is 2.26. The van der Waals surface area contributed by atoms with Gasteiger partial charge in [0.2, 0.25) is 0 Å². The molecule has 1 radical (unpaired) electrons. The largest absolute Gasteiger partial charge is 0.294 e. The van der Waals surface area contributed by atoms with Crippen molar-refractivity contribution >= 4 is 78.0 Å². The second-order valence-electron chi connectivity index (χ2n) is 3.39. The van der Waals surface area contributed by atoms with Crippen LogP contribution in [0.5, 0.6) is 0 Å². The van der Waals surface area contributed by atoms with E-state index in [0.717, 1.165) is 6.07 Å². The minimum Gasteiger partial charge on any atom is -0.282 e. The molecule has 8 heteroatoms. The van der Waals surface area contributed by atoms with Crippen LogP contribution in [0.15, 0.2) is 41.3 Å². The summed E-state index contributed by atoms with van der Waals surface area (Å²) in [7, 11) is -4.30. The van der Waals surface area contributed by atoms with Gasteiger partial charge in [0.1, 0.15) is 0 Å². The third kappa shape index (κ3) is 3.15. The molecule has 0 amide bonds. The summed E-state index contributed by atoms with van der Waals surface area (Å²) in [6, 6.07) is 7.94. The van der Waals surface area contributed by atoms with Gasteiger partial charge in [0.15, 0.2) is 0 Å². The number of hydrogen-bond acceptors (Lipinski definition) is 4. The van der Waals surface area contributed by atoms with Crippen LogP contribution in [-0.2, 0) is 10.1 Å². The molecule has 2 aromatic carbocycles. The van der Waals surface area contributed by atoms with E-state index >= 15 is 0 Å². The first-order valence-electron chi connectivity index (χ1n) is 4.54. The van der Waals surface area contributed by atoms with Crippen molar-refractivity contribution in [3.05, 3.63) is 46.5 Å². The maximum Gasteiger partial charge on any atom is 0.294 e. The molecule has 0 spiro atoms. The first kappa shape index (κ1) is 15.7. The second-order valence-corrected chi connectivity index (χ2v) is 4.81. The number of nitro groups is 1. The van der Waals surface area contributed by atoms with Gasteiger partial charge in [-0.3, -0.25) is 14.7 Å². The third-order valence-electron chi connectivity index (χ3n) is 2.32. The Morgan fingerprint density at radius 3 is 2.39 bits per heavy atom.